The minimum Gasteiger partial charge on any atom is -0.472 e. The molecule has 2 N–H and O–H groups in total. The van der Waals surface area contributed by atoms with E-state index in [1.807, 2.05) is 0 Å². The van der Waals surface area contributed by atoms with Crippen LogP contribution >= 0.6 is 0 Å². The Hall–Kier alpha value is -0.840. The highest BCUT2D eigenvalue weighted by Gasteiger charge is 2.55. The third-order valence-corrected chi connectivity index (χ3v) is 2.54. The SMILES string of the molecule is O[C@@H]1c2cocc2[C@@H](O)[C@H]2O[C@H]21. The molecule has 2 heterocycles. The first-order valence-corrected chi connectivity index (χ1v) is 3.86. The molecule has 4 atom stereocenters. The Morgan fingerprint density at radius 3 is 2.00 bits per heavy atom. The van der Waals surface area contributed by atoms with Crippen molar-refractivity contribution in [1.29, 1.82) is 0 Å². The first-order chi connectivity index (χ1) is 5.79. The van der Waals surface area contributed by atoms with Gasteiger partial charge in [0.05, 0.1) is 12.5 Å². The summed E-state index contributed by atoms with van der Waals surface area (Å²) in [6.07, 6.45) is 1.19. The molecule has 1 aliphatic carbocycles. The number of hydrogen-bond acceptors (Lipinski definition) is 4. The van der Waals surface area contributed by atoms with Gasteiger partial charge in [0.25, 0.3) is 0 Å². The molecule has 1 aliphatic heterocycles. The molecular weight excluding hydrogens is 160 g/mol. The summed E-state index contributed by atoms with van der Waals surface area (Å²) in [6, 6.07) is 0. The molecule has 12 heavy (non-hydrogen) atoms. The zero-order chi connectivity index (χ0) is 8.29. The third kappa shape index (κ3) is 0.628. The average molecular weight is 168 g/mol. The Balaban J connectivity index is 2.13. The van der Waals surface area contributed by atoms with Crippen LogP contribution in [0.15, 0.2) is 16.9 Å². The summed E-state index contributed by atoms with van der Waals surface area (Å²) < 4.78 is 10.0. The van der Waals surface area contributed by atoms with Crippen LogP contribution in [-0.4, -0.2) is 22.4 Å². The van der Waals surface area contributed by atoms with Crippen molar-refractivity contribution in [3.63, 3.8) is 0 Å². The first-order valence-electron chi connectivity index (χ1n) is 3.86. The van der Waals surface area contributed by atoms with Crippen LogP contribution in [0.2, 0.25) is 0 Å². The summed E-state index contributed by atoms with van der Waals surface area (Å²) in [6.45, 7) is 0. The molecule has 1 aromatic heterocycles. The molecule has 64 valence electrons. The monoisotopic (exact) mass is 168 g/mol. The molecule has 2 aliphatic rings. The number of epoxide rings is 1. The summed E-state index contributed by atoms with van der Waals surface area (Å²) in [5.41, 5.74) is 1.31. The van der Waals surface area contributed by atoms with E-state index >= 15 is 0 Å². The molecule has 1 aromatic rings. The van der Waals surface area contributed by atoms with Crippen LogP contribution in [0, 0.1) is 0 Å². The van der Waals surface area contributed by atoms with Gasteiger partial charge in [-0.2, -0.15) is 0 Å². The Morgan fingerprint density at radius 1 is 1.00 bits per heavy atom. The lowest BCUT2D eigenvalue weighted by molar-refractivity contribution is 0.120. The fraction of sp³-hybridized carbons (Fsp3) is 0.500. The predicted molar refractivity (Wildman–Crippen MR) is 37.3 cm³/mol. The highest BCUT2D eigenvalue weighted by Crippen LogP contribution is 2.48. The van der Waals surface area contributed by atoms with Gasteiger partial charge in [-0.3, -0.25) is 0 Å². The second-order valence-corrected chi connectivity index (χ2v) is 3.24. The molecule has 3 rings (SSSR count). The van der Waals surface area contributed by atoms with Gasteiger partial charge in [0.15, 0.2) is 0 Å². The molecule has 1 saturated heterocycles. The summed E-state index contributed by atoms with van der Waals surface area (Å²) in [5, 5.41) is 19.2. The van der Waals surface area contributed by atoms with Crippen LogP contribution < -0.4 is 0 Å². The minimum absolute atomic E-state index is 0.231. The van der Waals surface area contributed by atoms with Crippen LogP contribution in [0.25, 0.3) is 0 Å². The number of fused-ring (bicyclic) bond motifs is 2. The van der Waals surface area contributed by atoms with Gasteiger partial charge in [-0.25, -0.2) is 0 Å². The normalized spacial score (nSPS) is 43.5. The van der Waals surface area contributed by atoms with Crippen LogP contribution in [0.4, 0.5) is 0 Å². The van der Waals surface area contributed by atoms with Crippen molar-refractivity contribution in [2.45, 2.75) is 24.4 Å². The number of furan rings is 1. The largest absolute Gasteiger partial charge is 0.472 e. The van der Waals surface area contributed by atoms with Crippen molar-refractivity contribution in [1.82, 2.24) is 0 Å². The molecule has 0 saturated carbocycles. The van der Waals surface area contributed by atoms with Crippen LogP contribution in [0.5, 0.6) is 0 Å². The quantitative estimate of drug-likeness (QED) is 0.540. The summed E-state index contributed by atoms with van der Waals surface area (Å²) >= 11 is 0. The van der Waals surface area contributed by atoms with Crippen LogP contribution in [-0.2, 0) is 4.74 Å². The van der Waals surface area contributed by atoms with Gasteiger partial charge >= 0.3 is 0 Å². The fourth-order valence-electron chi connectivity index (χ4n) is 1.80. The summed E-state index contributed by atoms with van der Waals surface area (Å²) in [7, 11) is 0. The zero-order valence-corrected chi connectivity index (χ0v) is 6.18. The summed E-state index contributed by atoms with van der Waals surface area (Å²) in [5.74, 6) is 0. The summed E-state index contributed by atoms with van der Waals surface area (Å²) in [4.78, 5) is 0. The van der Waals surface area contributed by atoms with Gasteiger partial charge in [-0.15, -0.1) is 0 Å². The van der Waals surface area contributed by atoms with Gasteiger partial charge < -0.3 is 19.4 Å². The van der Waals surface area contributed by atoms with Crippen molar-refractivity contribution in [2.75, 3.05) is 0 Å². The number of ether oxygens (including phenoxy) is 1. The molecule has 0 radical (unpaired) electrons. The third-order valence-electron chi connectivity index (χ3n) is 2.54. The Labute approximate surface area is 68.4 Å². The Kier molecular flexibility index (Phi) is 1.06. The topological polar surface area (TPSA) is 66.1 Å². The molecule has 0 unspecified atom stereocenters. The van der Waals surface area contributed by atoms with Gasteiger partial charge in [0, 0.05) is 11.1 Å². The van der Waals surface area contributed by atoms with Crippen LogP contribution in [0.3, 0.4) is 0 Å². The molecule has 4 heteroatoms. The zero-order valence-electron chi connectivity index (χ0n) is 6.18. The number of rotatable bonds is 0. The second-order valence-electron chi connectivity index (χ2n) is 3.24. The molecule has 0 aromatic carbocycles. The maximum absolute atomic E-state index is 9.58. The molecule has 0 amide bonds. The minimum atomic E-state index is -0.632. The second kappa shape index (κ2) is 1.90. The van der Waals surface area contributed by atoms with E-state index in [0.717, 1.165) is 0 Å². The molecule has 0 bridgehead atoms. The van der Waals surface area contributed by atoms with Crippen molar-refractivity contribution in [3.05, 3.63) is 23.7 Å². The standard InChI is InChI=1S/C8H8O4/c9-5-3-1-11-2-4(3)6(10)8-7(5)12-8/h1-2,5-10H/t5-,6-,7-,8+/m1/s1. The number of aliphatic hydroxyl groups excluding tert-OH is 2. The van der Waals surface area contributed by atoms with Crippen molar-refractivity contribution in [3.8, 4) is 0 Å². The molecular formula is C8H8O4. The lowest BCUT2D eigenvalue weighted by Gasteiger charge is -2.16. The average Bonchev–Trinajstić information content (AvgIpc) is 2.71. The molecule has 0 spiro atoms. The Morgan fingerprint density at radius 2 is 1.50 bits per heavy atom. The van der Waals surface area contributed by atoms with Crippen LogP contribution in [0.1, 0.15) is 23.3 Å². The lowest BCUT2D eigenvalue weighted by Crippen LogP contribution is -2.20. The maximum atomic E-state index is 9.58. The lowest BCUT2D eigenvalue weighted by atomic mass is 9.91. The van der Waals surface area contributed by atoms with E-state index < -0.39 is 12.2 Å². The maximum Gasteiger partial charge on any atom is 0.117 e. The van der Waals surface area contributed by atoms with E-state index in [9.17, 15) is 10.2 Å². The van der Waals surface area contributed by atoms with E-state index in [1.165, 1.54) is 12.5 Å². The van der Waals surface area contributed by atoms with E-state index in [-0.39, 0.29) is 12.2 Å². The van der Waals surface area contributed by atoms with E-state index in [4.69, 9.17) is 9.15 Å². The van der Waals surface area contributed by atoms with E-state index in [2.05, 4.69) is 0 Å². The van der Waals surface area contributed by atoms with Gasteiger partial charge in [0.1, 0.15) is 24.4 Å². The van der Waals surface area contributed by atoms with Gasteiger partial charge in [0.2, 0.25) is 0 Å². The highest BCUT2D eigenvalue weighted by molar-refractivity contribution is 5.34. The van der Waals surface area contributed by atoms with Crippen molar-refractivity contribution >= 4 is 0 Å². The number of aliphatic hydroxyl groups is 2. The Bertz CT molecular complexity index is 290. The smallest absolute Gasteiger partial charge is 0.117 e. The van der Waals surface area contributed by atoms with Gasteiger partial charge in [-0.05, 0) is 0 Å². The first kappa shape index (κ1) is 6.65. The van der Waals surface area contributed by atoms with Crippen molar-refractivity contribution in [2.24, 2.45) is 0 Å². The number of hydrogen-bond donors (Lipinski definition) is 2. The van der Waals surface area contributed by atoms with Gasteiger partial charge in [-0.1, -0.05) is 0 Å². The molecule has 4 nitrogen and oxygen atoms in total. The van der Waals surface area contributed by atoms with E-state index in [1.54, 1.807) is 0 Å². The fourth-order valence-corrected chi connectivity index (χ4v) is 1.80. The van der Waals surface area contributed by atoms with E-state index in [0.29, 0.717) is 11.1 Å². The highest BCUT2D eigenvalue weighted by atomic mass is 16.6. The predicted octanol–water partition coefficient (Wildman–Crippen LogP) is 0.127. The van der Waals surface area contributed by atoms with Crippen molar-refractivity contribution < 1.29 is 19.4 Å². The molecule has 1 fully saturated rings.